The van der Waals surface area contributed by atoms with E-state index in [4.69, 9.17) is 0 Å². The van der Waals surface area contributed by atoms with Crippen LogP contribution in [-0.2, 0) is 12.8 Å². The zero-order valence-corrected chi connectivity index (χ0v) is 28.7. The summed E-state index contributed by atoms with van der Waals surface area (Å²) >= 11 is 0. The van der Waals surface area contributed by atoms with Crippen molar-refractivity contribution in [2.75, 3.05) is 0 Å². The van der Waals surface area contributed by atoms with Crippen molar-refractivity contribution in [3.8, 4) is 33.9 Å². The molecule has 6 aromatic carbocycles. The lowest BCUT2D eigenvalue weighted by molar-refractivity contribution is 0.629. The van der Waals surface area contributed by atoms with Crippen molar-refractivity contribution < 1.29 is 8.78 Å². The highest BCUT2D eigenvalue weighted by molar-refractivity contribution is 5.86. The van der Waals surface area contributed by atoms with Gasteiger partial charge in [-0.25, -0.2) is 8.78 Å². The van der Waals surface area contributed by atoms with E-state index in [1.807, 2.05) is 95.8 Å². The van der Waals surface area contributed by atoms with Gasteiger partial charge in [0.1, 0.15) is 11.6 Å². The molecule has 254 valence electrons. The van der Waals surface area contributed by atoms with Crippen LogP contribution in [0.5, 0.6) is 0 Å². The summed E-state index contributed by atoms with van der Waals surface area (Å²) in [6.07, 6.45) is 1.60. The normalized spacial score (nSPS) is 11.4. The van der Waals surface area contributed by atoms with Crippen molar-refractivity contribution >= 4 is 21.8 Å². The van der Waals surface area contributed by atoms with Gasteiger partial charge in [0.25, 0.3) is 0 Å². The first kappa shape index (κ1) is 32.8. The summed E-state index contributed by atoms with van der Waals surface area (Å²) in [5, 5.41) is 0.660. The van der Waals surface area contributed by atoms with E-state index < -0.39 is 11.6 Å². The Hall–Kier alpha value is -6.40. The Balaban J connectivity index is 1.09. The van der Waals surface area contributed by atoms with E-state index in [1.165, 1.54) is 24.3 Å². The molecule has 0 N–H and O–H groups in total. The SMILES string of the molecule is Cc1ccc(-c2cc(=O)c3cc(F)ccc3n2-c2ccc(CCc3ccc(-n4c(-c5ccc(C)cc5)cc(=O)c5cc(F)ccc54)cc3)cc2)cc1. The van der Waals surface area contributed by atoms with E-state index in [-0.39, 0.29) is 10.9 Å². The maximum Gasteiger partial charge on any atom is 0.190 e. The third-order valence-electron chi connectivity index (χ3n) is 9.73. The maximum absolute atomic E-state index is 14.2. The first-order valence-corrected chi connectivity index (χ1v) is 17.3. The van der Waals surface area contributed by atoms with Crippen LogP contribution >= 0.6 is 0 Å². The number of hydrogen-bond donors (Lipinski definition) is 0. The van der Waals surface area contributed by atoms with E-state index in [9.17, 15) is 18.4 Å². The molecule has 0 fully saturated rings. The molecule has 0 amide bonds. The second-order valence-corrected chi connectivity index (χ2v) is 13.3. The molecule has 4 nitrogen and oxygen atoms in total. The van der Waals surface area contributed by atoms with Crippen LogP contribution in [-0.4, -0.2) is 9.13 Å². The molecule has 2 aromatic heterocycles. The van der Waals surface area contributed by atoms with Gasteiger partial charge in [-0.15, -0.1) is 0 Å². The molecule has 6 heteroatoms. The molecule has 52 heavy (non-hydrogen) atoms. The zero-order chi connectivity index (χ0) is 35.9. The Labute approximate surface area is 299 Å². The smallest absolute Gasteiger partial charge is 0.190 e. The third kappa shape index (κ3) is 6.24. The molecule has 8 rings (SSSR count). The molecule has 0 saturated carbocycles. The summed E-state index contributed by atoms with van der Waals surface area (Å²) in [7, 11) is 0. The van der Waals surface area contributed by atoms with Crippen molar-refractivity contribution in [2.45, 2.75) is 26.7 Å². The van der Waals surface area contributed by atoms with Crippen LogP contribution in [0.2, 0.25) is 0 Å². The van der Waals surface area contributed by atoms with Gasteiger partial charge >= 0.3 is 0 Å². The summed E-state index contributed by atoms with van der Waals surface area (Å²) in [6.45, 7) is 4.04. The number of benzene rings is 6. The number of halogens is 2. The molecular weight excluding hydrogens is 651 g/mol. The highest BCUT2D eigenvalue weighted by Gasteiger charge is 2.16. The average molecular weight is 685 g/mol. The quantitative estimate of drug-likeness (QED) is 0.168. The number of hydrogen-bond acceptors (Lipinski definition) is 2. The minimum Gasteiger partial charge on any atom is -0.309 e. The number of pyridine rings is 2. The van der Waals surface area contributed by atoms with Crippen LogP contribution in [0.25, 0.3) is 55.7 Å². The van der Waals surface area contributed by atoms with Gasteiger partial charge in [0.2, 0.25) is 0 Å². The fourth-order valence-corrected chi connectivity index (χ4v) is 6.94. The van der Waals surface area contributed by atoms with Crippen LogP contribution in [0.15, 0.2) is 155 Å². The standard InChI is InChI=1S/C46H34F2N2O2/c1-29-3-13-33(14-4-29)43-27-45(51)39-25-35(47)17-23-41(39)49(43)37-19-9-31(10-20-37)7-8-32-11-21-38(22-12-32)50-42-24-18-36(48)26-40(42)46(52)28-44(50)34-15-5-30(2)6-16-34/h3-6,9-28H,7-8H2,1-2H3. The summed E-state index contributed by atoms with van der Waals surface area (Å²) in [5.74, 6) is -0.894. The van der Waals surface area contributed by atoms with Gasteiger partial charge in [-0.05, 0) is 110 Å². The van der Waals surface area contributed by atoms with Crippen LogP contribution < -0.4 is 10.9 Å². The molecule has 0 atom stereocenters. The summed E-state index contributed by atoms with van der Waals surface area (Å²) in [5.41, 5.74) is 10.4. The largest absolute Gasteiger partial charge is 0.309 e. The van der Waals surface area contributed by atoms with Gasteiger partial charge in [0.05, 0.1) is 22.4 Å². The maximum atomic E-state index is 14.2. The second kappa shape index (κ2) is 13.4. The van der Waals surface area contributed by atoms with E-state index in [1.54, 1.807) is 24.3 Å². The van der Waals surface area contributed by atoms with Crippen molar-refractivity contribution in [3.05, 3.63) is 200 Å². The van der Waals surface area contributed by atoms with Gasteiger partial charge in [-0.2, -0.15) is 0 Å². The molecular formula is C46H34F2N2O2. The minimum atomic E-state index is -0.447. The Kier molecular flexibility index (Phi) is 8.44. The molecule has 0 unspecified atom stereocenters. The number of rotatable bonds is 7. The Bertz CT molecular complexity index is 2540. The van der Waals surface area contributed by atoms with Crippen LogP contribution in [0.4, 0.5) is 8.78 Å². The lowest BCUT2D eigenvalue weighted by Crippen LogP contribution is -2.11. The Morgan fingerprint density at radius 1 is 0.442 bits per heavy atom. The highest BCUT2D eigenvalue weighted by atomic mass is 19.1. The van der Waals surface area contributed by atoms with Gasteiger partial charge in [-0.1, -0.05) is 83.9 Å². The minimum absolute atomic E-state index is 0.224. The third-order valence-corrected chi connectivity index (χ3v) is 9.73. The van der Waals surface area contributed by atoms with E-state index in [0.717, 1.165) is 69.0 Å². The molecule has 2 heterocycles. The number of nitrogens with zero attached hydrogens (tertiary/aromatic N) is 2. The second-order valence-electron chi connectivity index (χ2n) is 13.3. The van der Waals surface area contributed by atoms with E-state index in [0.29, 0.717) is 21.8 Å². The predicted octanol–water partition coefficient (Wildman–Crippen LogP) is 10.3. The van der Waals surface area contributed by atoms with Crippen molar-refractivity contribution in [2.24, 2.45) is 0 Å². The van der Waals surface area contributed by atoms with E-state index in [2.05, 4.69) is 24.3 Å². The topological polar surface area (TPSA) is 44.0 Å². The van der Waals surface area contributed by atoms with Gasteiger partial charge in [0, 0.05) is 34.3 Å². The molecule has 0 aliphatic rings. The molecule has 0 spiro atoms. The number of fused-ring (bicyclic) bond motifs is 2. The molecule has 0 aliphatic heterocycles. The molecule has 0 radical (unpaired) electrons. The molecule has 8 aromatic rings. The number of aryl methyl sites for hydroxylation is 4. The lowest BCUT2D eigenvalue weighted by Gasteiger charge is -2.18. The summed E-state index contributed by atoms with van der Waals surface area (Å²) in [4.78, 5) is 26.2. The van der Waals surface area contributed by atoms with Gasteiger partial charge in [-0.3, -0.25) is 9.59 Å². The van der Waals surface area contributed by atoms with Crippen molar-refractivity contribution in [1.82, 2.24) is 9.13 Å². The monoisotopic (exact) mass is 684 g/mol. The first-order chi connectivity index (χ1) is 25.2. The van der Waals surface area contributed by atoms with Crippen molar-refractivity contribution in [1.29, 1.82) is 0 Å². The molecule has 0 saturated heterocycles. The van der Waals surface area contributed by atoms with E-state index >= 15 is 0 Å². The summed E-state index contributed by atoms with van der Waals surface area (Å²) in [6, 6.07) is 44.5. The Morgan fingerprint density at radius 3 is 1.17 bits per heavy atom. The van der Waals surface area contributed by atoms with Crippen LogP contribution in [0, 0.1) is 25.5 Å². The molecule has 0 aliphatic carbocycles. The molecule has 0 bridgehead atoms. The number of aromatic nitrogens is 2. The zero-order valence-electron chi connectivity index (χ0n) is 28.7. The Morgan fingerprint density at radius 2 is 0.808 bits per heavy atom. The van der Waals surface area contributed by atoms with Gasteiger partial charge < -0.3 is 9.13 Å². The fraction of sp³-hybridized carbons (Fsp3) is 0.0870. The van der Waals surface area contributed by atoms with Crippen LogP contribution in [0.1, 0.15) is 22.3 Å². The van der Waals surface area contributed by atoms with Crippen LogP contribution in [0.3, 0.4) is 0 Å². The predicted molar refractivity (Wildman–Crippen MR) is 207 cm³/mol. The fourth-order valence-electron chi connectivity index (χ4n) is 6.94. The lowest BCUT2D eigenvalue weighted by atomic mass is 10.0. The first-order valence-electron chi connectivity index (χ1n) is 17.3. The average Bonchev–Trinajstić information content (AvgIpc) is 3.15. The van der Waals surface area contributed by atoms with Crippen molar-refractivity contribution in [3.63, 3.8) is 0 Å². The van der Waals surface area contributed by atoms with Gasteiger partial charge in [0.15, 0.2) is 10.9 Å². The highest BCUT2D eigenvalue weighted by Crippen LogP contribution is 2.30. The summed E-state index contributed by atoms with van der Waals surface area (Å²) < 4.78 is 32.5.